The van der Waals surface area contributed by atoms with Crippen molar-refractivity contribution < 1.29 is 0 Å². The van der Waals surface area contributed by atoms with Gasteiger partial charge in [-0.2, -0.15) is 4.98 Å². The molecule has 0 aliphatic rings. The Morgan fingerprint density at radius 1 is 0.786 bits per heavy atom. The minimum Gasteiger partial charge on any atom is -0.369 e. The Morgan fingerprint density at radius 2 is 1.57 bits per heavy atom. The fraction of sp³-hybridized carbons (Fsp3) is 0.167. The first-order valence-electron chi connectivity index (χ1n) is 9.58. The lowest BCUT2D eigenvalue weighted by Gasteiger charge is -2.12. The van der Waals surface area contributed by atoms with Gasteiger partial charge >= 0.3 is 0 Å². The molecule has 4 aromatic rings. The van der Waals surface area contributed by atoms with Gasteiger partial charge in [-0.05, 0) is 61.2 Å². The van der Waals surface area contributed by atoms with Gasteiger partial charge in [-0.15, -0.1) is 0 Å². The molecule has 0 fully saturated rings. The monoisotopic (exact) mass is 368 g/mol. The van der Waals surface area contributed by atoms with E-state index < -0.39 is 0 Å². The van der Waals surface area contributed by atoms with Crippen LogP contribution in [-0.4, -0.2) is 16.5 Å². The number of anilines is 3. The first-order chi connectivity index (χ1) is 13.7. The molecule has 0 unspecified atom stereocenters. The highest BCUT2D eigenvalue weighted by molar-refractivity contribution is 5.90. The smallest absolute Gasteiger partial charge is 0.229 e. The van der Waals surface area contributed by atoms with Crippen molar-refractivity contribution in [1.82, 2.24) is 9.97 Å². The molecular weight excluding hydrogens is 344 g/mol. The van der Waals surface area contributed by atoms with Crippen LogP contribution >= 0.6 is 0 Å². The van der Waals surface area contributed by atoms with Crippen LogP contribution < -0.4 is 10.6 Å². The number of nitrogens with zero attached hydrogens (tertiary/aromatic N) is 2. The fourth-order valence-corrected chi connectivity index (χ4v) is 3.19. The molecule has 0 saturated carbocycles. The van der Waals surface area contributed by atoms with Crippen LogP contribution in [0.4, 0.5) is 17.5 Å². The standard InChI is InChI=1S/C24H24N4/c1-17-12-13-20(16-18(17)2)26-24-27-22-11-7-6-10-21(22)23(28-24)25-15-14-19-8-4-3-5-9-19/h3-13,16H,14-15H2,1-2H3,(H2,25,26,27,28). The summed E-state index contributed by atoms with van der Waals surface area (Å²) in [5, 5.41) is 7.87. The van der Waals surface area contributed by atoms with Crippen molar-refractivity contribution in [1.29, 1.82) is 0 Å². The lowest BCUT2D eigenvalue weighted by molar-refractivity contribution is 1.01. The van der Waals surface area contributed by atoms with E-state index >= 15 is 0 Å². The van der Waals surface area contributed by atoms with Crippen molar-refractivity contribution in [3.63, 3.8) is 0 Å². The number of rotatable bonds is 6. The minimum absolute atomic E-state index is 0.601. The van der Waals surface area contributed by atoms with Crippen LogP contribution in [0, 0.1) is 13.8 Å². The van der Waals surface area contributed by atoms with Gasteiger partial charge in [-0.1, -0.05) is 48.5 Å². The number of nitrogens with one attached hydrogen (secondary N) is 2. The van der Waals surface area contributed by atoms with Gasteiger partial charge in [-0.3, -0.25) is 0 Å². The molecule has 140 valence electrons. The van der Waals surface area contributed by atoms with Crippen molar-refractivity contribution in [3.05, 3.63) is 89.5 Å². The normalized spacial score (nSPS) is 10.8. The zero-order valence-electron chi connectivity index (χ0n) is 16.2. The first kappa shape index (κ1) is 18.0. The number of aromatic nitrogens is 2. The third kappa shape index (κ3) is 4.12. The van der Waals surface area contributed by atoms with E-state index in [1.54, 1.807) is 0 Å². The molecule has 0 saturated heterocycles. The zero-order chi connectivity index (χ0) is 19.3. The van der Waals surface area contributed by atoms with E-state index in [0.717, 1.165) is 35.4 Å². The Hall–Kier alpha value is -3.40. The number of para-hydroxylation sites is 1. The van der Waals surface area contributed by atoms with Crippen LogP contribution in [-0.2, 0) is 6.42 Å². The summed E-state index contributed by atoms with van der Waals surface area (Å²) in [6, 6.07) is 24.9. The van der Waals surface area contributed by atoms with Crippen LogP contribution in [0.25, 0.3) is 10.9 Å². The van der Waals surface area contributed by atoms with Gasteiger partial charge in [-0.25, -0.2) is 4.98 Å². The Morgan fingerprint density at radius 3 is 2.39 bits per heavy atom. The highest BCUT2D eigenvalue weighted by atomic mass is 15.1. The van der Waals surface area contributed by atoms with Gasteiger partial charge in [0.15, 0.2) is 0 Å². The summed E-state index contributed by atoms with van der Waals surface area (Å²) in [6.45, 7) is 5.03. The highest BCUT2D eigenvalue weighted by Crippen LogP contribution is 2.24. The van der Waals surface area contributed by atoms with Crippen LogP contribution in [0.1, 0.15) is 16.7 Å². The second-order valence-corrected chi connectivity index (χ2v) is 7.00. The summed E-state index contributed by atoms with van der Waals surface area (Å²) in [6.07, 6.45) is 0.944. The second kappa shape index (κ2) is 8.09. The molecule has 4 rings (SSSR count). The molecule has 28 heavy (non-hydrogen) atoms. The van der Waals surface area contributed by atoms with Crippen molar-refractivity contribution in [2.45, 2.75) is 20.3 Å². The average Bonchev–Trinajstić information content (AvgIpc) is 2.71. The summed E-state index contributed by atoms with van der Waals surface area (Å²) < 4.78 is 0. The molecule has 1 heterocycles. The lowest BCUT2D eigenvalue weighted by Crippen LogP contribution is -2.09. The molecule has 0 radical (unpaired) electrons. The number of aryl methyl sites for hydroxylation is 2. The molecule has 0 aliphatic heterocycles. The topological polar surface area (TPSA) is 49.8 Å². The molecule has 0 atom stereocenters. The van der Waals surface area contributed by atoms with Gasteiger partial charge in [0.2, 0.25) is 5.95 Å². The van der Waals surface area contributed by atoms with Crippen LogP contribution in [0.15, 0.2) is 72.8 Å². The van der Waals surface area contributed by atoms with Crippen molar-refractivity contribution in [3.8, 4) is 0 Å². The lowest BCUT2D eigenvalue weighted by atomic mass is 10.1. The Balaban J connectivity index is 1.58. The van der Waals surface area contributed by atoms with E-state index in [4.69, 9.17) is 4.98 Å². The Bertz CT molecular complexity index is 1090. The maximum absolute atomic E-state index is 4.75. The quantitative estimate of drug-likeness (QED) is 0.462. The molecule has 0 bridgehead atoms. The van der Waals surface area contributed by atoms with E-state index in [0.29, 0.717) is 5.95 Å². The molecule has 3 aromatic carbocycles. The third-order valence-corrected chi connectivity index (χ3v) is 4.92. The second-order valence-electron chi connectivity index (χ2n) is 7.00. The maximum Gasteiger partial charge on any atom is 0.229 e. The molecule has 0 aliphatic carbocycles. The summed E-state index contributed by atoms with van der Waals surface area (Å²) in [4.78, 5) is 9.43. The summed E-state index contributed by atoms with van der Waals surface area (Å²) in [5.41, 5.74) is 5.74. The van der Waals surface area contributed by atoms with E-state index in [1.807, 2.05) is 24.3 Å². The number of benzene rings is 3. The Labute approximate surface area is 165 Å². The van der Waals surface area contributed by atoms with Crippen molar-refractivity contribution >= 4 is 28.4 Å². The zero-order valence-corrected chi connectivity index (χ0v) is 16.2. The van der Waals surface area contributed by atoms with Gasteiger partial charge < -0.3 is 10.6 Å². The molecule has 0 spiro atoms. The predicted octanol–water partition coefficient (Wildman–Crippen LogP) is 5.64. The van der Waals surface area contributed by atoms with E-state index in [1.165, 1.54) is 16.7 Å². The Kier molecular flexibility index (Phi) is 5.20. The molecule has 4 nitrogen and oxygen atoms in total. The van der Waals surface area contributed by atoms with Gasteiger partial charge in [0.05, 0.1) is 5.52 Å². The predicted molar refractivity (Wildman–Crippen MR) is 117 cm³/mol. The number of hydrogen-bond acceptors (Lipinski definition) is 4. The third-order valence-electron chi connectivity index (χ3n) is 4.92. The van der Waals surface area contributed by atoms with Crippen LogP contribution in [0.2, 0.25) is 0 Å². The molecule has 4 heteroatoms. The van der Waals surface area contributed by atoms with Gasteiger partial charge in [0.1, 0.15) is 5.82 Å². The molecular formula is C24H24N4. The largest absolute Gasteiger partial charge is 0.369 e. The average molecular weight is 368 g/mol. The van der Waals surface area contributed by atoms with Crippen molar-refractivity contribution in [2.75, 3.05) is 17.2 Å². The van der Waals surface area contributed by atoms with Crippen molar-refractivity contribution in [2.24, 2.45) is 0 Å². The maximum atomic E-state index is 4.75. The molecule has 2 N–H and O–H groups in total. The minimum atomic E-state index is 0.601. The van der Waals surface area contributed by atoms with E-state index in [2.05, 4.69) is 78.0 Å². The van der Waals surface area contributed by atoms with Gasteiger partial charge in [0, 0.05) is 17.6 Å². The highest BCUT2D eigenvalue weighted by Gasteiger charge is 2.08. The summed E-state index contributed by atoms with van der Waals surface area (Å²) >= 11 is 0. The molecule has 1 aromatic heterocycles. The first-order valence-corrected chi connectivity index (χ1v) is 9.58. The summed E-state index contributed by atoms with van der Waals surface area (Å²) in [5.74, 6) is 1.46. The van der Waals surface area contributed by atoms with E-state index in [9.17, 15) is 0 Å². The van der Waals surface area contributed by atoms with Gasteiger partial charge in [0.25, 0.3) is 0 Å². The number of hydrogen-bond donors (Lipinski definition) is 2. The number of fused-ring (bicyclic) bond motifs is 1. The molecule has 0 amide bonds. The van der Waals surface area contributed by atoms with Crippen LogP contribution in [0.5, 0.6) is 0 Å². The van der Waals surface area contributed by atoms with Crippen LogP contribution in [0.3, 0.4) is 0 Å². The van der Waals surface area contributed by atoms with E-state index in [-0.39, 0.29) is 0 Å². The SMILES string of the molecule is Cc1ccc(Nc2nc(NCCc3ccccc3)c3ccccc3n2)cc1C. The summed E-state index contributed by atoms with van der Waals surface area (Å²) in [7, 11) is 0. The fourth-order valence-electron chi connectivity index (χ4n) is 3.19.